The van der Waals surface area contributed by atoms with E-state index in [0.29, 0.717) is 4.88 Å². The first-order valence-electron chi connectivity index (χ1n) is 4.98. The second-order valence-corrected chi connectivity index (χ2v) is 4.89. The van der Waals surface area contributed by atoms with Crippen LogP contribution in [0.1, 0.15) is 16.5 Å². The smallest absolute Gasteiger partial charge is 0.136 e. The van der Waals surface area contributed by atoms with Gasteiger partial charge in [0.15, 0.2) is 0 Å². The first kappa shape index (κ1) is 13.3. The molecule has 0 aliphatic carbocycles. The Bertz CT molecular complexity index is 548. The van der Waals surface area contributed by atoms with E-state index in [1.165, 1.54) is 7.11 Å². The molecule has 1 N–H and O–H groups in total. The Morgan fingerprint density at radius 2 is 1.94 bits per heavy atom. The molecule has 0 amide bonds. The van der Waals surface area contributed by atoms with Gasteiger partial charge in [0.1, 0.15) is 23.5 Å². The Morgan fingerprint density at radius 1 is 1.33 bits per heavy atom. The minimum atomic E-state index is -1.43. The summed E-state index contributed by atoms with van der Waals surface area (Å²) in [6.45, 7) is 0. The van der Waals surface area contributed by atoms with Crippen LogP contribution in [0.3, 0.4) is 0 Å². The van der Waals surface area contributed by atoms with Crippen LogP contribution in [-0.2, 0) is 0 Å². The van der Waals surface area contributed by atoms with E-state index in [1.54, 1.807) is 11.4 Å². The third-order valence-electron chi connectivity index (χ3n) is 2.45. The zero-order valence-electron chi connectivity index (χ0n) is 9.28. The van der Waals surface area contributed by atoms with Crippen molar-refractivity contribution in [1.29, 1.82) is 0 Å². The van der Waals surface area contributed by atoms with Gasteiger partial charge in [-0.2, -0.15) is 0 Å². The molecular formula is C12H9ClF2O2S. The summed E-state index contributed by atoms with van der Waals surface area (Å²) in [5, 5.41) is 11.9. The fourth-order valence-electron chi connectivity index (χ4n) is 1.57. The lowest BCUT2D eigenvalue weighted by Gasteiger charge is -2.13. The zero-order valence-corrected chi connectivity index (χ0v) is 10.9. The van der Waals surface area contributed by atoms with Gasteiger partial charge in [0.25, 0.3) is 0 Å². The Hall–Kier alpha value is -1.17. The number of thiophene rings is 1. The molecule has 96 valence electrons. The van der Waals surface area contributed by atoms with E-state index >= 15 is 0 Å². The highest BCUT2D eigenvalue weighted by atomic mass is 35.5. The molecule has 0 spiro atoms. The van der Waals surface area contributed by atoms with Gasteiger partial charge >= 0.3 is 0 Å². The predicted octanol–water partition coefficient (Wildman–Crippen LogP) is 3.77. The third-order valence-corrected chi connectivity index (χ3v) is 3.87. The molecule has 6 heteroatoms. The van der Waals surface area contributed by atoms with Crippen LogP contribution in [0.5, 0.6) is 5.75 Å². The maximum atomic E-state index is 13.8. The van der Waals surface area contributed by atoms with Gasteiger partial charge in [-0.25, -0.2) is 8.78 Å². The molecule has 0 saturated carbocycles. The lowest BCUT2D eigenvalue weighted by molar-refractivity contribution is 0.212. The van der Waals surface area contributed by atoms with E-state index in [4.69, 9.17) is 16.3 Å². The van der Waals surface area contributed by atoms with Crippen LogP contribution in [0.15, 0.2) is 23.6 Å². The molecule has 0 aliphatic heterocycles. The van der Waals surface area contributed by atoms with Crippen LogP contribution >= 0.6 is 22.9 Å². The molecule has 2 rings (SSSR count). The number of ether oxygens (including phenoxy) is 1. The summed E-state index contributed by atoms with van der Waals surface area (Å²) >= 11 is 6.96. The lowest BCUT2D eigenvalue weighted by atomic mass is 10.1. The molecule has 1 aromatic carbocycles. The van der Waals surface area contributed by atoms with E-state index < -0.39 is 23.3 Å². The van der Waals surface area contributed by atoms with Crippen LogP contribution in [0, 0.1) is 11.6 Å². The molecular weight excluding hydrogens is 282 g/mol. The summed E-state index contributed by atoms with van der Waals surface area (Å²) in [7, 11) is 1.31. The van der Waals surface area contributed by atoms with Gasteiger partial charge in [-0.05, 0) is 11.4 Å². The van der Waals surface area contributed by atoms with Gasteiger partial charge < -0.3 is 9.84 Å². The summed E-state index contributed by atoms with van der Waals surface area (Å²) in [4.78, 5) is 0.305. The van der Waals surface area contributed by atoms with Gasteiger partial charge in [-0.1, -0.05) is 11.6 Å². The molecule has 0 saturated heterocycles. The van der Waals surface area contributed by atoms with Crippen LogP contribution in [-0.4, -0.2) is 12.2 Å². The SMILES string of the molecule is COc1cc(F)c(C(O)c2sccc2Cl)c(F)c1. The Balaban J connectivity index is 2.48. The first-order chi connectivity index (χ1) is 8.54. The summed E-state index contributed by atoms with van der Waals surface area (Å²) in [6, 6.07) is 3.59. The quantitative estimate of drug-likeness (QED) is 0.932. The molecule has 1 heterocycles. The van der Waals surface area contributed by atoms with Crippen LogP contribution in [0.2, 0.25) is 5.02 Å². The fourth-order valence-corrected chi connectivity index (χ4v) is 2.72. The zero-order chi connectivity index (χ0) is 13.3. The average Bonchev–Trinajstić information content (AvgIpc) is 2.74. The Labute approximate surface area is 111 Å². The number of hydrogen-bond donors (Lipinski definition) is 1. The second-order valence-electron chi connectivity index (χ2n) is 3.54. The molecule has 18 heavy (non-hydrogen) atoms. The summed E-state index contributed by atoms with van der Waals surface area (Å²) in [5.41, 5.74) is -0.430. The van der Waals surface area contributed by atoms with E-state index in [-0.39, 0.29) is 10.8 Å². The van der Waals surface area contributed by atoms with E-state index in [9.17, 15) is 13.9 Å². The minimum absolute atomic E-state index is 0.0539. The summed E-state index contributed by atoms with van der Waals surface area (Å²) < 4.78 is 32.2. The van der Waals surface area contributed by atoms with E-state index in [2.05, 4.69) is 0 Å². The van der Waals surface area contributed by atoms with Crippen molar-refractivity contribution in [3.05, 3.63) is 50.7 Å². The molecule has 0 radical (unpaired) electrons. The molecule has 1 aromatic heterocycles. The van der Waals surface area contributed by atoms with Crippen molar-refractivity contribution in [2.45, 2.75) is 6.10 Å². The number of rotatable bonds is 3. The first-order valence-corrected chi connectivity index (χ1v) is 6.24. The van der Waals surface area contributed by atoms with Crippen molar-refractivity contribution in [3.63, 3.8) is 0 Å². The van der Waals surface area contributed by atoms with Gasteiger partial charge in [-0.3, -0.25) is 0 Å². The number of aliphatic hydroxyl groups is 1. The van der Waals surface area contributed by atoms with Gasteiger partial charge in [0.2, 0.25) is 0 Å². The van der Waals surface area contributed by atoms with Crippen LogP contribution in [0.4, 0.5) is 8.78 Å². The average molecular weight is 291 g/mol. The monoisotopic (exact) mass is 290 g/mol. The van der Waals surface area contributed by atoms with Crippen molar-refractivity contribution in [2.24, 2.45) is 0 Å². The molecule has 0 bridgehead atoms. The standard InChI is InChI=1S/C12H9ClF2O2S/c1-17-6-4-8(14)10(9(15)5-6)11(16)12-7(13)2-3-18-12/h2-5,11,16H,1H3. The van der Waals surface area contributed by atoms with Gasteiger partial charge in [0, 0.05) is 12.1 Å². The normalized spacial score (nSPS) is 12.5. The number of benzene rings is 1. The third kappa shape index (κ3) is 2.34. The topological polar surface area (TPSA) is 29.5 Å². The Kier molecular flexibility index (Phi) is 3.85. The maximum absolute atomic E-state index is 13.8. The van der Waals surface area contributed by atoms with Crippen molar-refractivity contribution < 1.29 is 18.6 Å². The molecule has 1 atom stereocenters. The molecule has 2 nitrogen and oxygen atoms in total. The lowest BCUT2D eigenvalue weighted by Crippen LogP contribution is -2.05. The second kappa shape index (κ2) is 5.22. The van der Waals surface area contributed by atoms with Crippen molar-refractivity contribution in [1.82, 2.24) is 0 Å². The van der Waals surface area contributed by atoms with Crippen molar-refractivity contribution in [2.75, 3.05) is 7.11 Å². The van der Waals surface area contributed by atoms with E-state index in [1.807, 2.05) is 0 Å². The van der Waals surface area contributed by atoms with Crippen LogP contribution < -0.4 is 4.74 Å². The number of methoxy groups -OCH3 is 1. The highest BCUT2D eigenvalue weighted by Crippen LogP contribution is 2.36. The van der Waals surface area contributed by atoms with Crippen molar-refractivity contribution >= 4 is 22.9 Å². The predicted molar refractivity (Wildman–Crippen MR) is 66.3 cm³/mol. The van der Waals surface area contributed by atoms with Crippen molar-refractivity contribution in [3.8, 4) is 5.75 Å². The molecule has 0 fully saturated rings. The number of aliphatic hydroxyl groups excluding tert-OH is 1. The fraction of sp³-hybridized carbons (Fsp3) is 0.167. The molecule has 2 aromatic rings. The number of halogens is 3. The molecule has 1 unspecified atom stereocenters. The molecule has 0 aliphatic rings. The van der Waals surface area contributed by atoms with Gasteiger partial charge in [0.05, 0.1) is 22.6 Å². The van der Waals surface area contributed by atoms with Gasteiger partial charge in [-0.15, -0.1) is 11.3 Å². The largest absolute Gasteiger partial charge is 0.497 e. The summed E-state index contributed by atoms with van der Waals surface area (Å²) in [6.07, 6.45) is -1.43. The number of hydrogen-bond acceptors (Lipinski definition) is 3. The maximum Gasteiger partial charge on any atom is 0.136 e. The summed E-state index contributed by atoms with van der Waals surface area (Å²) in [5.74, 6) is -1.69. The minimum Gasteiger partial charge on any atom is -0.497 e. The van der Waals surface area contributed by atoms with E-state index in [0.717, 1.165) is 23.5 Å². The Morgan fingerprint density at radius 3 is 2.39 bits per heavy atom. The highest BCUT2D eigenvalue weighted by Gasteiger charge is 2.23. The highest BCUT2D eigenvalue weighted by molar-refractivity contribution is 7.10. The van der Waals surface area contributed by atoms with Crippen LogP contribution in [0.25, 0.3) is 0 Å².